The van der Waals surface area contributed by atoms with Crippen molar-refractivity contribution >= 4 is 21.9 Å². The van der Waals surface area contributed by atoms with Crippen LogP contribution >= 0.6 is 0 Å². The Kier molecular flexibility index (Phi) is 3.90. The van der Waals surface area contributed by atoms with Crippen LogP contribution in [0.5, 0.6) is 0 Å². The third-order valence-electron chi connectivity index (χ3n) is 3.43. The first kappa shape index (κ1) is 14.8. The molecule has 0 spiro atoms. The van der Waals surface area contributed by atoms with Gasteiger partial charge < -0.3 is 19.8 Å². The van der Waals surface area contributed by atoms with E-state index in [4.69, 9.17) is 19.7 Å². The second-order valence-corrected chi connectivity index (χ2v) is 6.62. The molecule has 2 aromatic rings. The molecule has 0 radical (unpaired) electrons. The summed E-state index contributed by atoms with van der Waals surface area (Å²) in [5.74, 6) is -4.55. The molecule has 0 saturated carbocycles. The van der Waals surface area contributed by atoms with E-state index in [2.05, 4.69) is 4.18 Å². The first-order valence-electron chi connectivity index (χ1n) is 8.97. The Morgan fingerprint density at radius 3 is 2.63 bits per heavy atom. The minimum Gasteiger partial charge on any atom is -0.478 e. The molecule has 0 aromatic heterocycles. The van der Waals surface area contributed by atoms with Crippen LogP contribution in [0.4, 0.5) is 0 Å². The normalized spacial score (nSPS) is 21.8. The van der Waals surface area contributed by atoms with Crippen molar-refractivity contribution in [2.45, 2.75) is 11.8 Å². The quantitative estimate of drug-likeness (QED) is 0.710. The Balaban J connectivity index is 1.95. The van der Waals surface area contributed by atoms with Crippen LogP contribution in [-0.4, -0.2) is 25.3 Å². The highest BCUT2D eigenvalue weighted by Crippen LogP contribution is 2.33. The van der Waals surface area contributed by atoms with Gasteiger partial charge in [-0.1, -0.05) is 42.5 Å². The van der Waals surface area contributed by atoms with E-state index in [-0.39, 0.29) is 16.7 Å². The van der Waals surface area contributed by atoms with E-state index in [1.165, 1.54) is 42.5 Å². The number of Topliss-reactive ketones (excluding diaryl/α,β-unsaturated/α-hetero) is 1. The van der Waals surface area contributed by atoms with Gasteiger partial charge in [-0.2, -0.15) is 8.42 Å². The number of aromatic carboxylic acids is 1. The largest absolute Gasteiger partial charge is 0.478 e. The first-order valence-corrected chi connectivity index (χ1v) is 8.88. The van der Waals surface area contributed by atoms with Gasteiger partial charge >= 0.3 is 16.1 Å². The van der Waals surface area contributed by atoms with Crippen LogP contribution in [0.1, 0.15) is 31.7 Å². The molecule has 1 heterocycles. The molecule has 1 atom stereocenters. The minimum absolute atomic E-state index is 0.225. The molecule has 1 aliphatic heterocycles. The van der Waals surface area contributed by atoms with Crippen LogP contribution in [0.3, 0.4) is 0 Å². The van der Waals surface area contributed by atoms with Gasteiger partial charge in [0.2, 0.25) is 17.4 Å². The summed E-state index contributed by atoms with van der Waals surface area (Å²) in [6.07, 6.45) is -2.60. The van der Waals surface area contributed by atoms with Gasteiger partial charge in [-0.05, 0) is 17.7 Å². The molecule has 9 heteroatoms. The predicted molar refractivity (Wildman–Crippen MR) is 93.6 cm³/mol. The standard InChI is InChI=1S/C18H15NO7S/c19-17-16(26-27(23,24)10-11-5-2-1-3-6-11)14(20)15(25-17)12-7-4-8-13(9-12)18(21)22/h1-9,15H,10,19H2,(H,21,22)/t15-/m0/s1/i10D2,15D. The Bertz CT molecular complexity index is 1170. The number of carbonyl (C=O) groups is 2. The lowest BCUT2D eigenvalue weighted by atomic mass is 10.0. The number of hydrogen-bond donors (Lipinski definition) is 2. The maximum atomic E-state index is 12.8. The number of benzene rings is 2. The Morgan fingerprint density at radius 1 is 1.26 bits per heavy atom. The number of carboxylic acids is 1. The van der Waals surface area contributed by atoms with E-state index < -0.39 is 45.3 Å². The lowest BCUT2D eigenvalue weighted by molar-refractivity contribution is -0.123. The van der Waals surface area contributed by atoms with Gasteiger partial charge in [-0.25, -0.2) is 4.79 Å². The number of ether oxygens (including phenoxy) is 1. The van der Waals surface area contributed by atoms with E-state index in [0.29, 0.717) is 0 Å². The van der Waals surface area contributed by atoms with Gasteiger partial charge in [-0.15, -0.1) is 0 Å². The van der Waals surface area contributed by atoms with Gasteiger partial charge in [0.1, 0.15) is 5.70 Å². The zero-order chi connectivity index (χ0) is 22.3. The van der Waals surface area contributed by atoms with Gasteiger partial charge in [0.25, 0.3) is 0 Å². The molecule has 0 aliphatic carbocycles. The fourth-order valence-electron chi connectivity index (χ4n) is 2.26. The summed E-state index contributed by atoms with van der Waals surface area (Å²) in [4.78, 5) is 23.9. The summed E-state index contributed by atoms with van der Waals surface area (Å²) in [5, 5.41) is 9.09. The van der Waals surface area contributed by atoms with E-state index in [1.807, 2.05) is 0 Å². The molecule has 3 N–H and O–H groups in total. The molecule has 8 nitrogen and oxygen atoms in total. The second kappa shape index (κ2) is 7.12. The van der Waals surface area contributed by atoms with Crippen LogP contribution in [-0.2, 0) is 29.5 Å². The molecule has 140 valence electrons. The summed E-state index contributed by atoms with van der Waals surface area (Å²) in [6.45, 7) is 0. The van der Waals surface area contributed by atoms with E-state index in [1.54, 1.807) is 6.07 Å². The van der Waals surface area contributed by atoms with Crippen molar-refractivity contribution in [3.8, 4) is 0 Å². The summed E-state index contributed by atoms with van der Waals surface area (Å²) >= 11 is 0. The number of hydrogen-bond acceptors (Lipinski definition) is 7. The lowest BCUT2D eigenvalue weighted by Crippen LogP contribution is -2.16. The van der Waals surface area contributed by atoms with Crippen LogP contribution in [0, 0.1) is 0 Å². The zero-order valence-electron chi connectivity index (χ0n) is 16.6. The summed E-state index contributed by atoms with van der Waals surface area (Å²) < 4.78 is 59.0. The van der Waals surface area contributed by atoms with Crippen LogP contribution < -0.4 is 5.73 Å². The molecular formula is C18H15NO7S. The molecule has 0 fully saturated rings. The van der Waals surface area contributed by atoms with Crippen molar-refractivity contribution in [2.75, 3.05) is 0 Å². The van der Waals surface area contributed by atoms with Crippen LogP contribution in [0.2, 0.25) is 0 Å². The van der Waals surface area contributed by atoms with Crippen molar-refractivity contribution in [3.05, 3.63) is 82.9 Å². The second-order valence-electron chi connectivity index (χ2n) is 5.35. The highest BCUT2D eigenvalue weighted by Gasteiger charge is 2.39. The zero-order valence-corrected chi connectivity index (χ0v) is 14.4. The Morgan fingerprint density at radius 2 is 1.96 bits per heavy atom. The van der Waals surface area contributed by atoms with E-state index in [9.17, 15) is 18.0 Å². The maximum Gasteiger partial charge on any atom is 0.335 e. The maximum absolute atomic E-state index is 12.8. The molecule has 3 rings (SSSR count). The number of rotatable bonds is 6. The SMILES string of the molecule is [2H]C([2H])(c1ccccc1)S(=O)(=O)OC1=C(N)O[C@@]([2H])(c2cccc(C(=O)O)c2)C1=O. The number of nitrogens with two attached hydrogens (primary N) is 1. The average Bonchev–Trinajstić information content (AvgIpc) is 2.92. The van der Waals surface area contributed by atoms with Gasteiger partial charge in [0.05, 0.1) is 9.68 Å². The summed E-state index contributed by atoms with van der Waals surface area (Å²) in [6, 6.07) is 11.6. The number of ketones is 1. The van der Waals surface area contributed by atoms with Crippen molar-refractivity contribution in [1.82, 2.24) is 0 Å². The highest BCUT2D eigenvalue weighted by molar-refractivity contribution is 7.86. The van der Waals surface area contributed by atoms with E-state index in [0.717, 1.165) is 6.07 Å². The molecule has 0 saturated heterocycles. The number of carboxylic acid groups (broad SMARTS) is 1. The van der Waals surface area contributed by atoms with Crippen molar-refractivity contribution in [1.29, 1.82) is 0 Å². The molecule has 0 bridgehead atoms. The predicted octanol–water partition coefficient (Wildman–Crippen LogP) is 1.70. The smallest absolute Gasteiger partial charge is 0.335 e. The lowest BCUT2D eigenvalue weighted by Gasteiger charge is -2.10. The molecule has 0 unspecified atom stereocenters. The summed E-state index contributed by atoms with van der Waals surface area (Å²) in [5.41, 5.74) is 1.80. The fourth-order valence-corrected chi connectivity index (χ4v) is 3.10. The molecule has 0 amide bonds. The van der Waals surface area contributed by atoms with Crippen LogP contribution in [0.25, 0.3) is 0 Å². The Hall–Kier alpha value is -3.33. The monoisotopic (exact) mass is 392 g/mol. The third-order valence-corrected chi connectivity index (χ3v) is 4.30. The summed E-state index contributed by atoms with van der Waals surface area (Å²) in [7, 11) is -5.10. The topological polar surface area (TPSA) is 133 Å². The molecular weight excluding hydrogens is 374 g/mol. The highest BCUT2D eigenvalue weighted by atomic mass is 32.2. The average molecular weight is 392 g/mol. The van der Waals surface area contributed by atoms with Crippen molar-refractivity contribution in [3.63, 3.8) is 0 Å². The minimum atomic E-state index is -5.10. The van der Waals surface area contributed by atoms with Crippen molar-refractivity contribution < 1.29 is 36.1 Å². The molecule has 2 aromatic carbocycles. The van der Waals surface area contributed by atoms with Crippen LogP contribution in [0.15, 0.2) is 66.2 Å². The van der Waals surface area contributed by atoms with Gasteiger partial charge in [-0.3, -0.25) is 4.79 Å². The molecule has 1 aliphatic rings. The van der Waals surface area contributed by atoms with Gasteiger partial charge in [0, 0.05) is 5.56 Å². The van der Waals surface area contributed by atoms with E-state index >= 15 is 0 Å². The molecule has 27 heavy (non-hydrogen) atoms. The van der Waals surface area contributed by atoms with Crippen molar-refractivity contribution in [2.24, 2.45) is 5.73 Å². The van der Waals surface area contributed by atoms with Gasteiger partial charge in [0.15, 0.2) is 6.08 Å². The Labute approximate surface area is 159 Å². The first-order chi connectivity index (χ1) is 13.9. The number of carbonyl (C=O) groups excluding carboxylic acids is 1. The third kappa shape index (κ3) is 4.09. The fraction of sp³-hybridized carbons (Fsp3) is 0.111.